The fourth-order valence-electron chi connectivity index (χ4n) is 6.47. The quantitative estimate of drug-likeness (QED) is 0.415. The molecule has 0 unspecified atom stereocenters. The Kier molecular flexibility index (Phi) is 7.36. The molecule has 4 atom stereocenters. The molecular formula is C27H35BN6O6. The molecule has 212 valence electrons. The summed E-state index contributed by atoms with van der Waals surface area (Å²) in [6.07, 6.45) is 4.78. The molecule has 2 aromatic rings. The van der Waals surface area contributed by atoms with E-state index in [0.717, 1.165) is 5.56 Å². The largest absolute Gasteiger partial charge is 0.606 e. The van der Waals surface area contributed by atoms with Gasteiger partial charge >= 0.3 is 18.6 Å². The van der Waals surface area contributed by atoms with E-state index in [1.807, 2.05) is 63.2 Å². The van der Waals surface area contributed by atoms with Crippen LogP contribution in [0.2, 0.25) is 0 Å². The van der Waals surface area contributed by atoms with Gasteiger partial charge in [-0.3, -0.25) is 19.5 Å². The topological polar surface area (TPSA) is 140 Å². The van der Waals surface area contributed by atoms with Gasteiger partial charge < -0.3 is 24.3 Å². The predicted octanol–water partition coefficient (Wildman–Crippen LogP) is 0.0695. The van der Waals surface area contributed by atoms with E-state index in [9.17, 15) is 19.2 Å². The fraction of sp³-hybridized carbons (Fsp3) is 0.481. The summed E-state index contributed by atoms with van der Waals surface area (Å²) >= 11 is 0. The number of hydrogen-bond acceptors (Lipinski definition) is 9. The average molecular weight is 550 g/mol. The van der Waals surface area contributed by atoms with E-state index in [2.05, 4.69) is 20.6 Å². The summed E-state index contributed by atoms with van der Waals surface area (Å²) < 4.78 is 12.0. The Morgan fingerprint density at radius 3 is 2.30 bits per heavy atom. The minimum Gasteiger partial charge on any atom is -0.599 e. The minimum absolute atomic E-state index is 0.0189. The maximum atomic E-state index is 14.0. The third kappa shape index (κ3) is 4.73. The van der Waals surface area contributed by atoms with Gasteiger partial charge in [0.1, 0.15) is 11.7 Å². The zero-order valence-electron chi connectivity index (χ0n) is 23.1. The highest BCUT2D eigenvalue weighted by atomic mass is 16.7. The van der Waals surface area contributed by atoms with Gasteiger partial charge in [0.2, 0.25) is 5.91 Å². The number of likely N-dealkylation sites (N-methyl/N-ethyl adjacent to an activating group) is 2. The number of hydrogen-bond donors (Lipinski definition) is 2. The number of carbonyl (C=O) groups is 4. The van der Waals surface area contributed by atoms with Crippen LogP contribution in [-0.2, 0) is 30.1 Å². The number of rotatable bonds is 9. The number of aromatic nitrogens is 2. The molecule has 0 bridgehead atoms. The molecule has 12 nitrogen and oxygen atoms in total. The van der Waals surface area contributed by atoms with Crippen molar-refractivity contribution in [2.75, 3.05) is 27.2 Å². The second-order valence-corrected chi connectivity index (χ2v) is 11.6. The molecule has 3 fully saturated rings. The van der Waals surface area contributed by atoms with Crippen LogP contribution in [-0.4, -0.2) is 101 Å². The Labute approximate surface area is 233 Å². The van der Waals surface area contributed by atoms with Crippen LogP contribution < -0.4 is 10.6 Å². The zero-order valence-corrected chi connectivity index (χ0v) is 23.1. The summed E-state index contributed by atoms with van der Waals surface area (Å²) in [5.41, 5.74) is 0.912. The first-order valence-corrected chi connectivity index (χ1v) is 13.6. The van der Waals surface area contributed by atoms with Crippen molar-refractivity contribution < 1.29 is 32.9 Å². The third-order valence-corrected chi connectivity index (χ3v) is 8.46. The van der Waals surface area contributed by atoms with Gasteiger partial charge in [-0.15, -0.1) is 0 Å². The van der Waals surface area contributed by atoms with Gasteiger partial charge in [-0.05, 0) is 24.9 Å². The van der Waals surface area contributed by atoms with Crippen LogP contribution in [0.15, 0.2) is 48.9 Å². The maximum absolute atomic E-state index is 14.0. The predicted molar refractivity (Wildman–Crippen MR) is 144 cm³/mol. The molecule has 2 amide bonds. The standard InChI is InChI=1S/C27H35BN6O6/c1-17(2)12-23(28-34(4)21(26(37)39-28)15-33(3)16-22(34)27(38)40-28)32-24(35)19(13-18-8-6-5-7-9-18)31-25(36)20-14-29-10-11-30-20/h5-11,14,17,19,21-23H,12-13,15-16H2,1-4H3,(H,31,36)(H,32,35)/t19-,21-,22-,23-,28?,34?/m0/s1. The van der Waals surface area contributed by atoms with Crippen LogP contribution in [0.3, 0.4) is 0 Å². The number of piperazine rings is 1. The van der Waals surface area contributed by atoms with Gasteiger partial charge in [0.05, 0.1) is 25.2 Å². The molecule has 1 aromatic heterocycles. The van der Waals surface area contributed by atoms with Crippen LogP contribution in [0.25, 0.3) is 0 Å². The van der Waals surface area contributed by atoms with E-state index in [-0.39, 0.29) is 22.4 Å². The Balaban J connectivity index is 1.47. The average Bonchev–Trinajstić information content (AvgIpc) is 3.28. The van der Waals surface area contributed by atoms with E-state index in [4.69, 9.17) is 9.31 Å². The van der Waals surface area contributed by atoms with Crippen LogP contribution in [0.4, 0.5) is 0 Å². The highest BCUT2D eigenvalue weighted by Crippen LogP contribution is 2.47. The van der Waals surface area contributed by atoms with E-state index in [1.54, 1.807) is 0 Å². The minimum atomic E-state index is -2.62. The summed E-state index contributed by atoms with van der Waals surface area (Å²) in [5, 5.41) is 5.84. The number of nitrogens with one attached hydrogen (secondary N) is 2. The summed E-state index contributed by atoms with van der Waals surface area (Å²) in [6, 6.07) is 7.10. The molecule has 0 saturated carbocycles. The number of benzene rings is 1. The third-order valence-electron chi connectivity index (χ3n) is 8.46. The molecular weight excluding hydrogens is 515 g/mol. The van der Waals surface area contributed by atoms with Crippen LogP contribution >= 0.6 is 0 Å². The molecule has 3 aliphatic heterocycles. The molecule has 0 spiro atoms. The van der Waals surface area contributed by atoms with Crippen molar-refractivity contribution in [3.05, 3.63) is 60.2 Å². The van der Waals surface area contributed by atoms with E-state index >= 15 is 0 Å². The van der Waals surface area contributed by atoms with Gasteiger partial charge in [-0.2, -0.15) is 0 Å². The number of nitrogens with zero attached hydrogens (tertiary/aromatic N) is 4. The number of amides is 2. The Morgan fingerprint density at radius 2 is 1.73 bits per heavy atom. The first kappa shape index (κ1) is 27.7. The monoisotopic (exact) mass is 550 g/mol. The first-order chi connectivity index (χ1) is 19.0. The molecule has 5 rings (SSSR count). The van der Waals surface area contributed by atoms with Crippen molar-refractivity contribution >= 4 is 30.4 Å². The van der Waals surface area contributed by atoms with Crippen LogP contribution in [0, 0.1) is 5.92 Å². The van der Waals surface area contributed by atoms with Crippen LogP contribution in [0.5, 0.6) is 0 Å². The van der Waals surface area contributed by atoms with Gasteiger partial charge in [0.25, 0.3) is 5.91 Å². The Morgan fingerprint density at radius 1 is 1.07 bits per heavy atom. The van der Waals surface area contributed by atoms with Crippen molar-refractivity contribution in [2.24, 2.45) is 5.92 Å². The lowest BCUT2D eigenvalue weighted by Gasteiger charge is -2.53. The van der Waals surface area contributed by atoms with Crippen molar-refractivity contribution in [1.29, 1.82) is 0 Å². The van der Waals surface area contributed by atoms with Gasteiger partial charge in [-0.1, -0.05) is 44.2 Å². The van der Waals surface area contributed by atoms with E-state index in [1.165, 1.54) is 18.6 Å². The number of carbonyl (C=O) groups excluding carboxylic acids is 4. The van der Waals surface area contributed by atoms with Crippen molar-refractivity contribution in [2.45, 2.75) is 50.8 Å². The van der Waals surface area contributed by atoms with E-state index < -0.39 is 54.5 Å². The van der Waals surface area contributed by atoms with Gasteiger partial charge in [0, 0.05) is 25.9 Å². The molecule has 0 aliphatic carbocycles. The fourth-order valence-corrected chi connectivity index (χ4v) is 6.47. The van der Waals surface area contributed by atoms with Gasteiger partial charge in [-0.25, -0.2) is 14.6 Å². The van der Waals surface area contributed by atoms with Crippen molar-refractivity contribution in [3.63, 3.8) is 0 Å². The van der Waals surface area contributed by atoms with Gasteiger partial charge in [0.15, 0.2) is 12.1 Å². The normalized spacial score (nSPS) is 28.8. The molecule has 1 aromatic carbocycles. The molecule has 2 N–H and O–H groups in total. The molecule has 3 saturated heterocycles. The molecule has 40 heavy (non-hydrogen) atoms. The summed E-state index contributed by atoms with van der Waals surface area (Å²) in [5.74, 6) is -2.64. The summed E-state index contributed by atoms with van der Waals surface area (Å²) in [6.45, 7) is 2.18. The highest BCUT2D eigenvalue weighted by molar-refractivity contribution is 6.68. The summed E-state index contributed by atoms with van der Waals surface area (Å²) in [4.78, 5) is 63.3. The highest BCUT2D eigenvalue weighted by Gasteiger charge is 2.77. The Hall–Kier alpha value is -3.84. The summed E-state index contributed by atoms with van der Waals surface area (Å²) in [7, 11) is 3.69. The van der Waals surface area contributed by atoms with Crippen molar-refractivity contribution in [1.82, 2.24) is 25.5 Å². The van der Waals surface area contributed by atoms with E-state index in [0.29, 0.717) is 19.5 Å². The zero-order chi connectivity index (χ0) is 28.7. The molecule has 0 radical (unpaired) electrons. The lowest BCUT2D eigenvalue weighted by molar-refractivity contribution is -0.849. The molecule has 13 heteroatoms. The second kappa shape index (κ2) is 10.6. The maximum Gasteiger partial charge on any atom is 0.606 e. The molecule has 4 heterocycles. The lowest BCUT2D eigenvalue weighted by Crippen LogP contribution is -2.78. The first-order valence-electron chi connectivity index (χ1n) is 13.6. The number of quaternary nitrogens is 1. The SMILES string of the molecule is CC(C)C[C@H](NC(=O)[C@H](Cc1ccccc1)NC(=O)c1cnccn1)[B-]12OC(=O)[C@@H]3CN(C)C[C@@H](C(=O)O1)[N+]32C. The van der Waals surface area contributed by atoms with Crippen molar-refractivity contribution in [3.8, 4) is 0 Å². The lowest BCUT2D eigenvalue weighted by atomic mass is 9.56. The Bertz CT molecular complexity index is 1270. The second-order valence-electron chi connectivity index (χ2n) is 11.6. The smallest absolute Gasteiger partial charge is 0.599 e. The van der Waals surface area contributed by atoms with Crippen LogP contribution in [0.1, 0.15) is 36.3 Å². The molecule has 3 aliphatic rings.